The van der Waals surface area contributed by atoms with Gasteiger partial charge in [-0.25, -0.2) is 4.79 Å². The quantitative estimate of drug-likeness (QED) is 0.331. The molecule has 2 N–H and O–H groups in total. The Kier molecular flexibility index (Phi) is 4.96. The van der Waals surface area contributed by atoms with E-state index in [1.54, 1.807) is 18.4 Å². The number of rotatable bonds is 4. The summed E-state index contributed by atoms with van der Waals surface area (Å²) in [5.74, 6) is -0.493. The number of carboxylic acid groups (broad SMARTS) is 1. The highest BCUT2D eigenvalue weighted by molar-refractivity contribution is 6.30. The monoisotopic (exact) mass is 471 g/mol. The first-order chi connectivity index (χ1) is 16.5. The lowest BCUT2D eigenvalue weighted by Crippen LogP contribution is -2.52. The molecular formula is C29H26ClNO3. The minimum absolute atomic E-state index is 0.0804. The van der Waals surface area contributed by atoms with Gasteiger partial charge in [0.25, 0.3) is 0 Å². The Morgan fingerprint density at radius 3 is 2.59 bits per heavy atom. The molecule has 0 amide bonds. The number of fused-ring (bicyclic) bond motifs is 3. The van der Waals surface area contributed by atoms with Crippen LogP contribution in [-0.4, -0.2) is 16.6 Å². The summed E-state index contributed by atoms with van der Waals surface area (Å²) in [6, 6.07) is 24.6. The number of hydrogen-bond donors (Lipinski definition) is 2. The molecule has 5 heteroatoms. The van der Waals surface area contributed by atoms with Gasteiger partial charge in [-0.05, 0) is 91.1 Å². The van der Waals surface area contributed by atoms with E-state index in [2.05, 4.69) is 47.8 Å². The first kappa shape index (κ1) is 21.3. The average molecular weight is 472 g/mol. The van der Waals surface area contributed by atoms with E-state index >= 15 is 0 Å². The van der Waals surface area contributed by atoms with Crippen molar-refractivity contribution in [1.29, 1.82) is 0 Å². The Balaban J connectivity index is 1.37. The lowest BCUT2D eigenvalue weighted by Gasteiger charge is -2.47. The molecule has 0 saturated heterocycles. The summed E-state index contributed by atoms with van der Waals surface area (Å²) in [7, 11) is 0. The van der Waals surface area contributed by atoms with Crippen molar-refractivity contribution in [2.24, 2.45) is 0 Å². The van der Waals surface area contributed by atoms with Crippen LogP contribution in [0.3, 0.4) is 0 Å². The second kappa shape index (κ2) is 7.92. The lowest BCUT2D eigenvalue weighted by molar-refractivity contribution is -0.144. The summed E-state index contributed by atoms with van der Waals surface area (Å²) >= 11 is 6.17. The molecule has 0 unspecified atom stereocenters. The van der Waals surface area contributed by atoms with Crippen LogP contribution in [0.4, 0.5) is 5.69 Å². The van der Waals surface area contributed by atoms with Crippen LogP contribution >= 0.6 is 11.6 Å². The molecule has 1 fully saturated rings. The number of carbonyl (C=O) groups is 1. The second-order valence-electron chi connectivity index (χ2n) is 9.81. The molecule has 3 aromatic carbocycles. The predicted molar refractivity (Wildman–Crippen MR) is 135 cm³/mol. The minimum atomic E-state index is -1.01. The molecule has 1 atom stereocenters. The molecule has 172 valence electrons. The van der Waals surface area contributed by atoms with Gasteiger partial charge in [-0.3, -0.25) is 0 Å². The number of anilines is 1. The highest BCUT2D eigenvalue weighted by Gasteiger charge is 2.54. The number of carboxylic acids is 1. The maximum atomic E-state index is 12.6. The molecule has 0 bridgehead atoms. The standard InChI is InChI=1S/C29H26ClNO3/c30-22-5-3-6-23(18-22)31-29(27(32)33)13-11-28(12-14-29)24-7-2-1-4-19(24)17-25(28)20-8-9-26-21(16-20)10-15-34-26/h1-10,15-16,18,25,31H,11-14,17H2,(H,32,33)/t25-,28?,29?/m0/s1. The van der Waals surface area contributed by atoms with Gasteiger partial charge in [-0.1, -0.05) is 48.0 Å². The van der Waals surface area contributed by atoms with Crippen LogP contribution in [0.1, 0.15) is 48.3 Å². The van der Waals surface area contributed by atoms with Crippen molar-refractivity contribution in [1.82, 2.24) is 0 Å². The molecule has 0 aliphatic heterocycles. The van der Waals surface area contributed by atoms with Gasteiger partial charge >= 0.3 is 5.97 Å². The molecule has 1 saturated carbocycles. The van der Waals surface area contributed by atoms with E-state index in [9.17, 15) is 9.90 Å². The molecular weight excluding hydrogens is 446 g/mol. The molecule has 4 nitrogen and oxygen atoms in total. The maximum absolute atomic E-state index is 12.6. The van der Waals surface area contributed by atoms with Crippen molar-refractivity contribution in [3.63, 3.8) is 0 Å². The van der Waals surface area contributed by atoms with E-state index in [1.807, 2.05) is 18.2 Å². The smallest absolute Gasteiger partial charge is 0.329 e. The van der Waals surface area contributed by atoms with Crippen LogP contribution in [-0.2, 0) is 16.6 Å². The summed E-state index contributed by atoms with van der Waals surface area (Å²) in [5.41, 5.74) is 4.62. The Morgan fingerprint density at radius 1 is 0.971 bits per heavy atom. The minimum Gasteiger partial charge on any atom is -0.480 e. The molecule has 2 aliphatic rings. The highest BCUT2D eigenvalue weighted by atomic mass is 35.5. The summed E-state index contributed by atoms with van der Waals surface area (Å²) in [6.07, 6.45) is 5.41. The summed E-state index contributed by atoms with van der Waals surface area (Å²) in [6.45, 7) is 0. The van der Waals surface area contributed by atoms with Gasteiger partial charge in [0.15, 0.2) is 0 Å². The van der Waals surface area contributed by atoms with Gasteiger partial charge in [0.05, 0.1) is 6.26 Å². The van der Waals surface area contributed by atoms with Crippen LogP contribution in [0.5, 0.6) is 0 Å². The van der Waals surface area contributed by atoms with Crippen LogP contribution in [0, 0.1) is 0 Å². The van der Waals surface area contributed by atoms with E-state index in [0.29, 0.717) is 23.8 Å². The second-order valence-corrected chi connectivity index (χ2v) is 10.2. The summed E-state index contributed by atoms with van der Waals surface area (Å²) < 4.78 is 5.57. The molecule has 2 aliphatic carbocycles. The predicted octanol–water partition coefficient (Wildman–Crippen LogP) is 7.17. The van der Waals surface area contributed by atoms with Gasteiger partial charge in [-0.2, -0.15) is 0 Å². The van der Waals surface area contributed by atoms with E-state index in [4.69, 9.17) is 16.0 Å². The third-order valence-electron chi connectivity index (χ3n) is 8.14. The third kappa shape index (κ3) is 3.32. The van der Waals surface area contributed by atoms with Crippen molar-refractivity contribution in [3.05, 3.63) is 101 Å². The number of nitrogens with one attached hydrogen (secondary N) is 1. The van der Waals surface area contributed by atoms with Crippen molar-refractivity contribution >= 4 is 34.2 Å². The molecule has 6 rings (SSSR count). The number of hydrogen-bond acceptors (Lipinski definition) is 3. The zero-order valence-electron chi connectivity index (χ0n) is 18.8. The van der Waals surface area contributed by atoms with Crippen molar-refractivity contribution < 1.29 is 14.3 Å². The average Bonchev–Trinajstić information content (AvgIpc) is 3.43. The van der Waals surface area contributed by atoms with E-state index in [1.165, 1.54) is 16.7 Å². The van der Waals surface area contributed by atoms with E-state index in [-0.39, 0.29) is 5.41 Å². The fraction of sp³-hybridized carbons (Fsp3) is 0.276. The van der Waals surface area contributed by atoms with Crippen molar-refractivity contribution in [3.8, 4) is 0 Å². The largest absolute Gasteiger partial charge is 0.480 e. The van der Waals surface area contributed by atoms with Crippen LogP contribution in [0.25, 0.3) is 11.0 Å². The van der Waals surface area contributed by atoms with Gasteiger partial charge in [0.2, 0.25) is 0 Å². The van der Waals surface area contributed by atoms with Gasteiger partial charge in [0, 0.05) is 21.5 Å². The number of furan rings is 1. The number of halogens is 1. The molecule has 1 aromatic heterocycles. The van der Waals surface area contributed by atoms with Crippen LogP contribution < -0.4 is 5.32 Å². The highest BCUT2D eigenvalue weighted by Crippen LogP contribution is 2.58. The fourth-order valence-electron chi connectivity index (χ4n) is 6.40. The molecule has 1 spiro atoms. The SMILES string of the molecule is O=C(O)C1(Nc2cccc(Cl)c2)CCC2(CC1)c1ccccc1C[C@H]2c1ccc2occc2c1. The Hall–Kier alpha value is -3.24. The van der Waals surface area contributed by atoms with Gasteiger partial charge < -0.3 is 14.8 Å². The summed E-state index contributed by atoms with van der Waals surface area (Å²) in [4.78, 5) is 12.6. The molecule has 4 aromatic rings. The summed E-state index contributed by atoms with van der Waals surface area (Å²) in [5, 5.41) is 15.4. The van der Waals surface area contributed by atoms with Crippen molar-refractivity contribution in [2.45, 2.75) is 49.0 Å². The maximum Gasteiger partial charge on any atom is 0.329 e. The Labute approximate surface area is 203 Å². The molecule has 1 heterocycles. The van der Waals surface area contributed by atoms with Gasteiger partial charge in [-0.15, -0.1) is 0 Å². The number of aliphatic carboxylic acids is 1. The first-order valence-corrected chi connectivity index (χ1v) is 12.2. The van der Waals surface area contributed by atoms with Gasteiger partial charge in [0.1, 0.15) is 11.1 Å². The Morgan fingerprint density at radius 2 is 1.79 bits per heavy atom. The third-order valence-corrected chi connectivity index (χ3v) is 8.37. The lowest BCUT2D eigenvalue weighted by atomic mass is 9.59. The Bertz CT molecular complexity index is 1380. The first-order valence-electron chi connectivity index (χ1n) is 11.8. The molecule has 0 radical (unpaired) electrons. The number of benzene rings is 3. The van der Waals surface area contributed by atoms with Crippen molar-refractivity contribution in [2.75, 3.05) is 5.32 Å². The van der Waals surface area contributed by atoms with E-state index in [0.717, 1.165) is 35.9 Å². The molecule has 34 heavy (non-hydrogen) atoms. The van der Waals surface area contributed by atoms with E-state index < -0.39 is 11.5 Å². The van der Waals surface area contributed by atoms with Crippen LogP contribution in [0.15, 0.2) is 83.5 Å². The normalized spacial score (nSPS) is 26.0. The zero-order valence-corrected chi connectivity index (χ0v) is 19.5. The zero-order chi connectivity index (χ0) is 23.3. The van der Waals surface area contributed by atoms with Crippen LogP contribution in [0.2, 0.25) is 5.02 Å². The topological polar surface area (TPSA) is 62.5 Å². The fourth-order valence-corrected chi connectivity index (χ4v) is 6.59.